The summed E-state index contributed by atoms with van der Waals surface area (Å²) in [6.07, 6.45) is 1.70. The lowest BCUT2D eigenvalue weighted by Crippen LogP contribution is -2.14. The summed E-state index contributed by atoms with van der Waals surface area (Å²) in [6, 6.07) is 9.95. The Morgan fingerprint density at radius 2 is 1.94 bits per heavy atom. The second-order valence-electron chi connectivity index (χ2n) is 6.60. The first kappa shape index (κ1) is 21.4. The van der Waals surface area contributed by atoms with E-state index in [0.29, 0.717) is 21.8 Å². The van der Waals surface area contributed by atoms with Crippen LogP contribution < -0.4 is 4.72 Å². The molecule has 0 bridgehead atoms. The highest BCUT2D eigenvalue weighted by molar-refractivity contribution is 7.93. The van der Waals surface area contributed by atoms with E-state index in [9.17, 15) is 17.9 Å². The lowest BCUT2D eigenvalue weighted by molar-refractivity contribution is 0.215. The summed E-state index contributed by atoms with van der Waals surface area (Å²) in [6.45, 7) is 0. The summed E-state index contributed by atoms with van der Waals surface area (Å²) in [5.41, 5.74) is 1.60. The molecule has 0 aliphatic heterocycles. The Morgan fingerprint density at radius 1 is 1.16 bits per heavy atom. The van der Waals surface area contributed by atoms with Crippen molar-refractivity contribution in [3.8, 4) is 11.3 Å². The lowest BCUT2D eigenvalue weighted by Gasteiger charge is -2.18. The molecule has 11 heteroatoms. The highest BCUT2D eigenvalue weighted by Gasteiger charge is 2.23. The Hall–Kier alpha value is -2.79. The van der Waals surface area contributed by atoms with Crippen LogP contribution in [0.4, 0.5) is 9.52 Å². The molecule has 0 aliphatic rings. The summed E-state index contributed by atoms with van der Waals surface area (Å²) < 4.78 is 43.8. The van der Waals surface area contributed by atoms with Crippen LogP contribution in [0, 0.1) is 5.82 Å². The topological polar surface area (TPSA) is 97.1 Å². The molecule has 7 nitrogen and oxygen atoms in total. The minimum absolute atomic E-state index is 0.0704. The van der Waals surface area contributed by atoms with Crippen molar-refractivity contribution < 1.29 is 17.9 Å². The predicted molar refractivity (Wildman–Crippen MR) is 117 cm³/mol. The van der Waals surface area contributed by atoms with E-state index in [4.69, 9.17) is 11.6 Å². The van der Waals surface area contributed by atoms with Crippen LogP contribution in [0.5, 0.6) is 0 Å². The average Bonchev–Trinajstić information content (AvgIpc) is 3.38. The Bertz CT molecular complexity index is 1340. The van der Waals surface area contributed by atoms with Crippen molar-refractivity contribution in [1.29, 1.82) is 0 Å². The predicted octanol–water partition coefficient (Wildman–Crippen LogP) is 4.22. The van der Waals surface area contributed by atoms with Gasteiger partial charge in [0, 0.05) is 41.0 Å². The standard InChI is InChI=1S/C20H16ClFN4O3S2/c1-26-18(6-7-24-26)16-10-12(21)2-4-14(16)19(27)15-5-3-13(11-17(15)22)31(28,29)25-20-23-8-9-30-20/h2-11,19,27H,1H3,(H,23,25). The summed E-state index contributed by atoms with van der Waals surface area (Å²) in [5.74, 6) is -0.861. The molecule has 0 aliphatic carbocycles. The van der Waals surface area contributed by atoms with Crippen molar-refractivity contribution >= 4 is 38.1 Å². The van der Waals surface area contributed by atoms with E-state index >= 15 is 0 Å². The number of hydrogen-bond donors (Lipinski definition) is 2. The van der Waals surface area contributed by atoms with Gasteiger partial charge in [-0.3, -0.25) is 9.40 Å². The highest BCUT2D eigenvalue weighted by atomic mass is 35.5. The Labute approximate surface area is 186 Å². The van der Waals surface area contributed by atoms with E-state index in [2.05, 4.69) is 14.8 Å². The first-order chi connectivity index (χ1) is 14.8. The van der Waals surface area contributed by atoms with Gasteiger partial charge in [0.05, 0.1) is 10.6 Å². The number of aryl methyl sites for hydroxylation is 1. The van der Waals surface area contributed by atoms with Crippen LogP contribution in [0.15, 0.2) is 65.1 Å². The highest BCUT2D eigenvalue weighted by Crippen LogP contribution is 2.35. The maximum absolute atomic E-state index is 14.9. The molecular formula is C20H16ClFN4O3S2. The summed E-state index contributed by atoms with van der Waals surface area (Å²) >= 11 is 7.24. The molecule has 0 radical (unpaired) electrons. The van der Waals surface area contributed by atoms with Gasteiger partial charge in [-0.25, -0.2) is 17.8 Å². The fraction of sp³-hybridized carbons (Fsp3) is 0.100. The van der Waals surface area contributed by atoms with E-state index in [1.807, 2.05) is 0 Å². The summed E-state index contributed by atoms with van der Waals surface area (Å²) in [7, 11) is -2.28. The molecule has 4 aromatic rings. The number of nitrogens with one attached hydrogen (secondary N) is 1. The van der Waals surface area contributed by atoms with Crippen molar-refractivity contribution in [2.75, 3.05) is 4.72 Å². The van der Waals surface area contributed by atoms with Gasteiger partial charge in [-0.2, -0.15) is 5.10 Å². The molecule has 1 unspecified atom stereocenters. The molecule has 0 fully saturated rings. The molecule has 2 N–H and O–H groups in total. The molecule has 1 atom stereocenters. The number of hydrogen-bond acceptors (Lipinski definition) is 6. The van der Waals surface area contributed by atoms with Crippen LogP contribution in [0.2, 0.25) is 5.02 Å². The van der Waals surface area contributed by atoms with Gasteiger partial charge in [-0.1, -0.05) is 23.7 Å². The molecule has 0 spiro atoms. The quantitative estimate of drug-likeness (QED) is 0.432. The van der Waals surface area contributed by atoms with Gasteiger partial charge in [0.25, 0.3) is 10.0 Å². The van der Waals surface area contributed by atoms with Crippen molar-refractivity contribution in [2.45, 2.75) is 11.0 Å². The third-order valence-corrected chi connectivity index (χ3v) is 7.03. The van der Waals surface area contributed by atoms with Crippen molar-refractivity contribution in [3.05, 3.63) is 82.2 Å². The number of rotatable bonds is 6. The molecule has 160 valence electrons. The van der Waals surface area contributed by atoms with E-state index in [-0.39, 0.29) is 15.6 Å². The second kappa shape index (κ2) is 8.39. The minimum atomic E-state index is -4.02. The minimum Gasteiger partial charge on any atom is -0.384 e. The number of aromatic nitrogens is 3. The fourth-order valence-corrected chi connectivity index (χ4v) is 5.11. The van der Waals surface area contributed by atoms with Gasteiger partial charge in [0.15, 0.2) is 5.13 Å². The van der Waals surface area contributed by atoms with E-state index in [0.717, 1.165) is 17.4 Å². The number of benzene rings is 2. The van der Waals surface area contributed by atoms with Crippen molar-refractivity contribution in [3.63, 3.8) is 0 Å². The van der Waals surface area contributed by atoms with E-state index in [1.165, 1.54) is 18.3 Å². The number of aliphatic hydroxyl groups excluding tert-OH is 1. The molecule has 4 rings (SSSR count). The Kier molecular flexibility index (Phi) is 5.80. The molecule has 2 heterocycles. The van der Waals surface area contributed by atoms with Gasteiger partial charge in [0.2, 0.25) is 0 Å². The van der Waals surface area contributed by atoms with Crippen LogP contribution in [-0.4, -0.2) is 28.3 Å². The van der Waals surface area contributed by atoms with Crippen LogP contribution in [0.1, 0.15) is 17.2 Å². The number of thiazole rings is 1. The smallest absolute Gasteiger partial charge is 0.263 e. The molecule has 0 saturated heterocycles. The first-order valence-corrected chi connectivity index (χ1v) is 11.7. The van der Waals surface area contributed by atoms with Crippen LogP contribution >= 0.6 is 22.9 Å². The Balaban J connectivity index is 1.71. The monoisotopic (exact) mass is 478 g/mol. The van der Waals surface area contributed by atoms with Gasteiger partial charge >= 0.3 is 0 Å². The average molecular weight is 479 g/mol. The molecule has 0 amide bonds. The molecule has 2 aromatic heterocycles. The van der Waals surface area contributed by atoms with Gasteiger partial charge in [0.1, 0.15) is 11.9 Å². The van der Waals surface area contributed by atoms with E-state index in [1.54, 1.807) is 47.6 Å². The van der Waals surface area contributed by atoms with Crippen LogP contribution in [-0.2, 0) is 17.1 Å². The Morgan fingerprint density at radius 3 is 2.58 bits per heavy atom. The zero-order valence-corrected chi connectivity index (χ0v) is 18.4. The van der Waals surface area contributed by atoms with Crippen LogP contribution in [0.25, 0.3) is 11.3 Å². The lowest BCUT2D eigenvalue weighted by atomic mass is 9.95. The van der Waals surface area contributed by atoms with Gasteiger partial charge in [-0.15, -0.1) is 11.3 Å². The van der Waals surface area contributed by atoms with Gasteiger partial charge < -0.3 is 5.11 Å². The number of sulfonamides is 1. The normalized spacial score (nSPS) is 12.6. The molecule has 31 heavy (non-hydrogen) atoms. The zero-order valence-electron chi connectivity index (χ0n) is 16.0. The first-order valence-electron chi connectivity index (χ1n) is 8.94. The largest absolute Gasteiger partial charge is 0.384 e. The second-order valence-corrected chi connectivity index (χ2v) is 9.61. The number of nitrogens with zero attached hydrogens (tertiary/aromatic N) is 3. The summed E-state index contributed by atoms with van der Waals surface area (Å²) in [5, 5.41) is 17.3. The van der Waals surface area contributed by atoms with Crippen molar-refractivity contribution in [1.82, 2.24) is 14.8 Å². The zero-order chi connectivity index (χ0) is 22.2. The number of halogens is 2. The van der Waals surface area contributed by atoms with E-state index < -0.39 is 21.9 Å². The maximum Gasteiger partial charge on any atom is 0.263 e. The van der Waals surface area contributed by atoms with Gasteiger partial charge in [-0.05, 0) is 35.9 Å². The third-order valence-electron chi connectivity index (χ3n) is 4.64. The number of aliphatic hydroxyl groups is 1. The third kappa shape index (κ3) is 4.33. The molecular weight excluding hydrogens is 463 g/mol. The summed E-state index contributed by atoms with van der Waals surface area (Å²) in [4.78, 5) is 3.58. The number of anilines is 1. The fourth-order valence-electron chi connectivity index (χ4n) is 3.14. The molecule has 2 aromatic carbocycles. The SMILES string of the molecule is Cn1nccc1-c1cc(Cl)ccc1C(O)c1ccc(S(=O)(=O)Nc2nccs2)cc1F. The van der Waals surface area contributed by atoms with Crippen molar-refractivity contribution in [2.24, 2.45) is 7.05 Å². The maximum atomic E-state index is 14.9. The van der Waals surface area contributed by atoms with Crippen LogP contribution in [0.3, 0.4) is 0 Å². The molecule has 0 saturated carbocycles.